The zero-order chi connectivity index (χ0) is 14.5. The molecule has 4 heteroatoms. The quantitative estimate of drug-likeness (QED) is 0.791. The normalized spacial score (nSPS) is 18.4. The zero-order valence-corrected chi connectivity index (χ0v) is 12.0. The lowest BCUT2D eigenvalue weighted by atomic mass is 10.1. The van der Waals surface area contributed by atoms with Crippen molar-refractivity contribution in [3.05, 3.63) is 35.9 Å². The van der Waals surface area contributed by atoms with Gasteiger partial charge in [-0.2, -0.15) is 0 Å². The van der Waals surface area contributed by atoms with Crippen molar-refractivity contribution < 1.29 is 14.3 Å². The molecule has 0 aromatic heterocycles. The van der Waals surface area contributed by atoms with E-state index in [0.29, 0.717) is 19.4 Å². The van der Waals surface area contributed by atoms with Crippen LogP contribution in [-0.2, 0) is 20.7 Å². The van der Waals surface area contributed by atoms with Gasteiger partial charge in [0.1, 0.15) is 6.04 Å². The minimum atomic E-state index is -0.409. The lowest BCUT2D eigenvalue weighted by Gasteiger charge is -2.24. The second-order valence-corrected chi connectivity index (χ2v) is 5.39. The van der Waals surface area contributed by atoms with Gasteiger partial charge in [-0.25, -0.2) is 4.79 Å². The Morgan fingerprint density at radius 1 is 1.30 bits per heavy atom. The number of hydrogen-bond acceptors (Lipinski definition) is 3. The van der Waals surface area contributed by atoms with Gasteiger partial charge in [0, 0.05) is 6.54 Å². The molecule has 1 aliphatic heterocycles. The first kappa shape index (κ1) is 14.6. The number of carbonyl (C=O) groups excluding carboxylic acids is 2. The summed E-state index contributed by atoms with van der Waals surface area (Å²) in [4.78, 5) is 26.0. The topological polar surface area (TPSA) is 46.6 Å². The number of amides is 1. The summed E-state index contributed by atoms with van der Waals surface area (Å²) >= 11 is 0. The summed E-state index contributed by atoms with van der Waals surface area (Å²) in [5.74, 6) is -0.279. The van der Waals surface area contributed by atoms with Gasteiger partial charge >= 0.3 is 5.97 Å². The Balaban J connectivity index is 1.99. The maximum Gasteiger partial charge on any atom is 0.329 e. The average Bonchev–Trinajstić information content (AvgIpc) is 2.88. The largest absolute Gasteiger partial charge is 0.461 e. The molecule has 1 atom stereocenters. The summed E-state index contributed by atoms with van der Waals surface area (Å²) in [5.41, 5.74) is 0.973. The van der Waals surface area contributed by atoms with E-state index in [1.165, 1.54) is 0 Å². The van der Waals surface area contributed by atoms with Crippen molar-refractivity contribution in [3.63, 3.8) is 0 Å². The van der Waals surface area contributed by atoms with Crippen molar-refractivity contribution in [1.82, 2.24) is 4.90 Å². The fraction of sp³-hybridized carbons (Fsp3) is 0.500. The molecule has 0 unspecified atom stereocenters. The summed E-state index contributed by atoms with van der Waals surface area (Å²) in [6.45, 7) is 4.29. The van der Waals surface area contributed by atoms with Crippen LogP contribution < -0.4 is 0 Å². The Morgan fingerprint density at radius 2 is 2.00 bits per heavy atom. The van der Waals surface area contributed by atoms with Crippen LogP contribution in [0.1, 0.15) is 32.3 Å². The number of hydrogen-bond donors (Lipinski definition) is 0. The van der Waals surface area contributed by atoms with Crippen molar-refractivity contribution in [3.8, 4) is 0 Å². The summed E-state index contributed by atoms with van der Waals surface area (Å²) in [6.07, 6.45) is 1.76. The first-order valence-electron chi connectivity index (χ1n) is 7.12. The summed E-state index contributed by atoms with van der Waals surface area (Å²) in [5, 5.41) is 0. The molecule has 0 N–H and O–H groups in total. The third kappa shape index (κ3) is 3.59. The van der Waals surface area contributed by atoms with Crippen molar-refractivity contribution in [2.75, 3.05) is 6.54 Å². The molecule has 1 aromatic carbocycles. The maximum absolute atomic E-state index is 12.3. The average molecular weight is 275 g/mol. The highest BCUT2D eigenvalue weighted by molar-refractivity contribution is 5.86. The Labute approximate surface area is 119 Å². The Bertz CT molecular complexity index is 470. The fourth-order valence-electron chi connectivity index (χ4n) is 2.49. The van der Waals surface area contributed by atoms with Crippen LogP contribution in [0.25, 0.3) is 0 Å². The molecular weight excluding hydrogens is 254 g/mol. The molecule has 0 spiro atoms. The smallest absolute Gasteiger partial charge is 0.329 e. The highest BCUT2D eigenvalue weighted by Gasteiger charge is 2.35. The van der Waals surface area contributed by atoms with Gasteiger partial charge in [0.15, 0.2) is 0 Å². The van der Waals surface area contributed by atoms with E-state index in [0.717, 1.165) is 12.0 Å². The van der Waals surface area contributed by atoms with E-state index in [2.05, 4.69) is 0 Å². The summed E-state index contributed by atoms with van der Waals surface area (Å²) in [7, 11) is 0. The fourth-order valence-corrected chi connectivity index (χ4v) is 2.49. The Kier molecular flexibility index (Phi) is 4.77. The van der Waals surface area contributed by atoms with E-state index < -0.39 is 6.04 Å². The Morgan fingerprint density at radius 3 is 2.65 bits per heavy atom. The van der Waals surface area contributed by atoms with Crippen LogP contribution in [0.5, 0.6) is 0 Å². The lowest BCUT2D eigenvalue weighted by Crippen LogP contribution is -2.42. The van der Waals surface area contributed by atoms with E-state index >= 15 is 0 Å². The highest BCUT2D eigenvalue weighted by atomic mass is 16.5. The van der Waals surface area contributed by atoms with Gasteiger partial charge in [0.25, 0.3) is 0 Å². The van der Waals surface area contributed by atoms with E-state index in [1.54, 1.807) is 4.90 Å². The molecule has 108 valence electrons. The minimum Gasteiger partial charge on any atom is -0.461 e. The van der Waals surface area contributed by atoms with Crippen molar-refractivity contribution in [2.45, 2.75) is 45.3 Å². The molecule has 0 bridgehead atoms. The third-order valence-corrected chi connectivity index (χ3v) is 3.40. The number of benzene rings is 1. The van der Waals surface area contributed by atoms with Crippen LogP contribution in [0.2, 0.25) is 0 Å². The molecule has 4 nitrogen and oxygen atoms in total. The van der Waals surface area contributed by atoms with Gasteiger partial charge in [-0.05, 0) is 32.3 Å². The van der Waals surface area contributed by atoms with Gasteiger partial charge in [-0.1, -0.05) is 30.3 Å². The second-order valence-electron chi connectivity index (χ2n) is 5.39. The van der Waals surface area contributed by atoms with Crippen LogP contribution in [0.3, 0.4) is 0 Å². The number of esters is 1. The molecule has 1 amide bonds. The number of ether oxygens (including phenoxy) is 1. The predicted molar refractivity (Wildman–Crippen MR) is 76.1 cm³/mol. The molecule has 1 fully saturated rings. The molecule has 1 saturated heterocycles. The number of carbonyl (C=O) groups is 2. The second kappa shape index (κ2) is 6.55. The van der Waals surface area contributed by atoms with E-state index in [9.17, 15) is 9.59 Å². The van der Waals surface area contributed by atoms with Crippen LogP contribution in [0.4, 0.5) is 0 Å². The van der Waals surface area contributed by atoms with E-state index in [4.69, 9.17) is 4.74 Å². The minimum absolute atomic E-state index is 0.000550. The first-order chi connectivity index (χ1) is 9.58. The van der Waals surface area contributed by atoms with Gasteiger partial charge < -0.3 is 9.64 Å². The highest BCUT2D eigenvalue weighted by Crippen LogP contribution is 2.20. The molecular formula is C16H21NO3. The predicted octanol–water partition coefficient (Wildman–Crippen LogP) is 2.17. The summed E-state index contributed by atoms with van der Waals surface area (Å²) < 4.78 is 5.23. The van der Waals surface area contributed by atoms with Gasteiger partial charge in [0.05, 0.1) is 12.5 Å². The molecule has 1 aliphatic rings. The van der Waals surface area contributed by atoms with Gasteiger partial charge in [0.2, 0.25) is 5.91 Å². The molecule has 0 saturated carbocycles. The van der Waals surface area contributed by atoms with Crippen LogP contribution in [0, 0.1) is 0 Å². The van der Waals surface area contributed by atoms with Crippen molar-refractivity contribution in [2.24, 2.45) is 0 Å². The molecule has 20 heavy (non-hydrogen) atoms. The molecule has 1 aromatic rings. The van der Waals surface area contributed by atoms with Crippen LogP contribution in [-0.4, -0.2) is 35.5 Å². The number of likely N-dealkylation sites (tertiary alicyclic amines) is 1. The van der Waals surface area contributed by atoms with Crippen LogP contribution in [0.15, 0.2) is 30.3 Å². The monoisotopic (exact) mass is 275 g/mol. The number of nitrogens with zero attached hydrogens (tertiary/aromatic N) is 1. The SMILES string of the molecule is CC(C)OC(=O)[C@H]1CCCN1C(=O)Cc1ccccc1. The molecule has 0 aliphatic carbocycles. The zero-order valence-electron chi connectivity index (χ0n) is 12.0. The van der Waals surface area contributed by atoms with Gasteiger partial charge in [-0.15, -0.1) is 0 Å². The standard InChI is InChI=1S/C16H21NO3/c1-12(2)20-16(19)14-9-6-10-17(14)15(18)11-13-7-4-3-5-8-13/h3-5,7-8,12,14H,6,9-11H2,1-2H3/t14-/m1/s1. The number of rotatable bonds is 4. The van der Waals surface area contributed by atoms with E-state index in [-0.39, 0.29) is 18.0 Å². The molecule has 2 rings (SSSR count). The molecule has 1 heterocycles. The maximum atomic E-state index is 12.3. The Hall–Kier alpha value is -1.84. The lowest BCUT2D eigenvalue weighted by molar-refractivity contribution is -0.156. The van der Waals surface area contributed by atoms with Gasteiger partial charge in [-0.3, -0.25) is 4.79 Å². The van der Waals surface area contributed by atoms with Crippen LogP contribution >= 0.6 is 0 Å². The van der Waals surface area contributed by atoms with E-state index in [1.807, 2.05) is 44.2 Å². The van der Waals surface area contributed by atoms with Crippen molar-refractivity contribution >= 4 is 11.9 Å². The summed E-state index contributed by atoms with van der Waals surface area (Å²) in [6, 6.07) is 9.19. The molecule has 0 radical (unpaired) electrons. The first-order valence-corrected chi connectivity index (χ1v) is 7.12. The third-order valence-electron chi connectivity index (χ3n) is 3.40. The van der Waals surface area contributed by atoms with Crippen molar-refractivity contribution in [1.29, 1.82) is 0 Å².